The van der Waals surface area contributed by atoms with E-state index in [4.69, 9.17) is 4.74 Å². The molecule has 3 nitrogen and oxygen atoms in total. The highest BCUT2D eigenvalue weighted by Crippen LogP contribution is 2.52. The van der Waals surface area contributed by atoms with Gasteiger partial charge in [0, 0.05) is 11.8 Å². The molecule has 0 amide bonds. The summed E-state index contributed by atoms with van der Waals surface area (Å²) in [5.41, 5.74) is 2.26. The first-order chi connectivity index (χ1) is 8.50. The summed E-state index contributed by atoms with van der Waals surface area (Å²) in [6.07, 6.45) is 1.91. The molecule has 98 valence electrons. The van der Waals surface area contributed by atoms with Crippen LogP contribution in [0, 0.1) is 23.7 Å². The highest BCUT2D eigenvalue weighted by Gasteiger charge is 2.54. The maximum absolute atomic E-state index is 11.8. The third-order valence-electron chi connectivity index (χ3n) is 5.06. The van der Waals surface area contributed by atoms with Gasteiger partial charge in [0.1, 0.15) is 6.10 Å². The topological polar surface area (TPSA) is 46.5 Å². The molecule has 0 bridgehead atoms. The Balaban J connectivity index is 2.02. The number of fused-ring (bicyclic) bond motifs is 3. The van der Waals surface area contributed by atoms with Crippen LogP contribution in [0.15, 0.2) is 24.3 Å². The summed E-state index contributed by atoms with van der Waals surface area (Å²) >= 11 is 0. The minimum absolute atomic E-state index is 0.0981. The van der Waals surface area contributed by atoms with Crippen molar-refractivity contribution < 1.29 is 14.6 Å². The molecule has 1 saturated heterocycles. The predicted octanol–water partition coefficient (Wildman–Crippen LogP) is 2.07. The maximum Gasteiger partial charge on any atom is 0.309 e. The van der Waals surface area contributed by atoms with Crippen molar-refractivity contribution in [3.05, 3.63) is 24.3 Å². The van der Waals surface area contributed by atoms with E-state index in [0.717, 1.165) is 24.0 Å². The molecule has 3 aliphatic rings. The van der Waals surface area contributed by atoms with Crippen LogP contribution in [0.3, 0.4) is 0 Å². The van der Waals surface area contributed by atoms with Crippen molar-refractivity contribution in [2.24, 2.45) is 23.7 Å². The standard InChI is InChI=1S/C15H20O3/c1-7-4-5-10-8(2)6-11(16)13-9(3)15(17)18-14(13)12(7)10/h9-14,16H,1-2,4-6H2,3H3/t9-,10+,11-,12+,13+,14-/m1/s1. The second kappa shape index (κ2) is 3.95. The zero-order chi connectivity index (χ0) is 13.0. The van der Waals surface area contributed by atoms with Gasteiger partial charge in [0.15, 0.2) is 0 Å². The van der Waals surface area contributed by atoms with Crippen molar-refractivity contribution in [1.29, 1.82) is 0 Å². The normalized spacial score (nSPS) is 47.6. The Morgan fingerprint density at radius 2 is 2.06 bits per heavy atom. The van der Waals surface area contributed by atoms with E-state index in [9.17, 15) is 9.90 Å². The van der Waals surface area contributed by atoms with E-state index >= 15 is 0 Å². The summed E-state index contributed by atoms with van der Waals surface area (Å²) in [7, 11) is 0. The molecule has 0 unspecified atom stereocenters. The molecule has 0 aromatic rings. The monoisotopic (exact) mass is 248 g/mol. The number of aliphatic hydroxyl groups is 1. The molecule has 0 spiro atoms. The lowest BCUT2D eigenvalue weighted by molar-refractivity contribution is -0.145. The first-order valence-electron chi connectivity index (χ1n) is 6.74. The van der Waals surface area contributed by atoms with E-state index in [1.54, 1.807) is 0 Å². The molecule has 6 atom stereocenters. The molecular formula is C15H20O3. The van der Waals surface area contributed by atoms with Crippen molar-refractivity contribution in [2.45, 2.75) is 38.4 Å². The number of hydrogen-bond acceptors (Lipinski definition) is 3. The number of rotatable bonds is 0. The van der Waals surface area contributed by atoms with Gasteiger partial charge in [-0.25, -0.2) is 0 Å². The van der Waals surface area contributed by atoms with Gasteiger partial charge in [-0.05, 0) is 25.2 Å². The summed E-state index contributed by atoms with van der Waals surface area (Å²) in [5, 5.41) is 10.3. The molecule has 0 aromatic carbocycles. The summed E-state index contributed by atoms with van der Waals surface area (Å²) < 4.78 is 5.56. The third-order valence-corrected chi connectivity index (χ3v) is 5.06. The van der Waals surface area contributed by atoms with Gasteiger partial charge in [-0.2, -0.15) is 0 Å². The summed E-state index contributed by atoms with van der Waals surface area (Å²) in [4.78, 5) is 11.8. The van der Waals surface area contributed by atoms with Crippen molar-refractivity contribution in [1.82, 2.24) is 0 Å². The number of carbonyl (C=O) groups is 1. The fraction of sp³-hybridized carbons (Fsp3) is 0.667. The number of ether oxygens (including phenoxy) is 1. The molecule has 3 heteroatoms. The van der Waals surface area contributed by atoms with E-state index in [0.29, 0.717) is 12.3 Å². The highest BCUT2D eigenvalue weighted by molar-refractivity contribution is 5.75. The summed E-state index contributed by atoms with van der Waals surface area (Å²) in [5.74, 6) is 0.0212. The maximum atomic E-state index is 11.8. The van der Waals surface area contributed by atoms with E-state index in [1.807, 2.05) is 6.92 Å². The van der Waals surface area contributed by atoms with E-state index < -0.39 is 6.10 Å². The lowest BCUT2D eigenvalue weighted by Crippen LogP contribution is -2.35. The fourth-order valence-electron chi connectivity index (χ4n) is 4.07. The summed E-state index contributed by atoms with van der Waals surface area (Å²) in [6, 6.07) is 0. The molecule has 2 aliphatic carbocycles. The Morgan fingerprint density at radius 3 is 2.78 bits per heavy atom. The van der Waals surface area contributed by atoms with Crippen molar-refractivity contribution >= 4 is 5.97 Å². The van der Waals surface area contributed by atoms with Crippen molar-refractivity contribution in [3.63, 3.8) is 0 Å². The average Bonchev–Trinajstić information content (AvgIpc) is 2.77. The molecule has 0 aromatic heterocycles. The van der Waals surface area contributed by atoms with Crippen LogP contribution in [-0.4, -0.2) is 23.3 Å². The predicted molar refractivity (Wildman–Crippen MR) is 67.7 cm³/mol. The van der Waals surface area contributed by atoms with E-state index in [1.165, 1.54) is 0 Å². The lowest BCUT2D eigenvalue weighted by atomic mass is 9.79. The van der Waals surface area contributed by atoms with Crippen molar-refractivity contribution in [2.75, 3.05) is 0 Å². The minimum atomic E-state index is -0.512. The smallest absolute Gasteiger partial charge is 0.309 e. The van der Waals surface area contributed by atoms with Gasteiger partial charge < -0.3 is 9.84 Å². The third kappa shape index (κ3) is 1.50. The first kappa shape index (κ1) is 12.0. The van der Waals surface area contributed by atoms with Crippen LogP contribution >= 0.6 is 0 Å². The highest BCUT2D eigenvalue weighted by atomic mass is 16.6. The largest absolute Gasteiger partial charge is 0.461 e. The SMILES string of the molecule is C=C1CC[C@H]2C(=C)C[C@@H](O)[C@H]3[C@H](OC(=O)[C@@H]3C)[C@@H]12. The van der Waals surface area contributed by atoms with Crippen molar-refractivity contribution in [3.8, 4) is 0 Å². The average molecular weight is 248 g/mol. The molecule has 18 heavy (non-hydrogen) atoms. The Morgan fingerprint density at radius 1 is 1.33 bits per heavy atom. The number of esters is 1. The lowest BCUT2D eigenvalue weighted by Gasteiger charge is -2.27. The van der Waals surface area contributed by atoms with Gasteiger partial charge in [-0.15, -0.1) is 0 Å². The Labute approximate surface area is 108 Å². The number of hydrogen-bond donors (Lipinski definition) is 1. The van der Waals surface area contributed by atoms with Gasteiger partial charge in [0.2, 0.25) is 0 Å². The second-order valence-electron chi connectivity index (χ2n) is 6.03. The Hall–Kier alpha value is -1.09. The molecule has 3 fully saturated rings. The number of aliphatic hydroxyl groups excluding tert-OH is 1. The minimum Gasteiger partial charge on any atom is -0.461 e. The zero-order valence-corrected chi connectivity index (χ0v) is 10.8. The van der Waals surface area contributed by atoms with Crippen LogP contribution in [0.5, 0.6) is 0 Å². The molecule has 1 aliphatic heterocycles. The summed E-state index contributed by atoms with van der Waals surface area (Å²) in [6.45, 7) is 10.1. The van der Waals surface area contributed by atoms with Crippen LogP contribution in [0.4, 0.5) is 0 Å². The van der Waals surface area contributed by atoms with Gasteiger partial charge in [0.05, 0.1) is 12.0 Å². The van der Waals surface area contributed by atoms with Crippen LogP contribution in [-0.2, 0) is 9.53 Å². The van der Waals surface area contributed by atoms with Crippen LogP contribution < -0.4 is 0 Å². The Bertz CT molecular complexity index is 425. The van der Waals surface area contributed by atoms with Gasteiger partial charge in [-0.3, -0.25) is 4.79 Å². The molecule has 1 N–H and O–H groups in total. The van der Waals surface area contributed by atoms with Gasteiger partial charge in [-0.1, -0.05) is 31.2 Å². The van der Waals surface area contributed by atoms with E-state index in [-0.39, 0.29) is 29.8 Å². The quantitative estimate of drug-likeness (QED) is 0.527. The number of carbonyl (C=O) groups excluding carboxylic acids is 1. The van der Waals surface area contributed by atoms with Gasteiger partial charge in [0.25, 0.3) is 0 Å². The molecule has 3 rings (SSSR count). The van der Waals surface area contributed by atoms with Crippen LogP contribution in [0.2, 0.25) is 0 Å². The van der Waals surface area contributed by atoms with Crippen LogP contribution in [0.25, 0.3) is 0 Å². The molecule has 2 saturated carbocycles. The Kier molecular flexibility index (Phi) is 2.63. The first-order valence-corrected chi connectivity index (χ1v) is 6.74. The van der Waals surface area contributed by atoms with E-state index in [2.05, 4.69) is 13.2 Å². The molecule has 1 heterocycles. The van der Waals surface area contributed by atoms with Crippen LogP contribution in [0.1, 0.15) is 26.2 Å². The fourth-order valence-corrected chi connectivity index (χ4v) is 4.07. The van der Waals surface area contributed by atoms with Gasteiger partial charge >= 0.3 is 5.97 Å². The second-order valence-corrected chi connectivity index (χ2v) is 6.03. The molecule has 0 radical (unpaired) electrons. The molecular weight excluding hydrogens is 228 g/mol. The zero-order valence-electron chi connectivity index (χ0n) is 10.8.